The van der Waals surface area contributed by atoms with Crippen LogP contribution in [0.1, 0.15) is 12.8 Å². The molecule has 2 N–H and O–H groups in total. The minimum atomic E-state index is -0.0903. The van der Waals surface area contributed by atoms with Gasteiger partial charge in [0.1, 0.15) is 0 Å². The highest BCUT2D eigenvalue weighted by atomic mass is 32.2. The molecule has 0 aliphatic heterocycles. The lowest BCUT2D eigenvalue weighted by Crippen LogP contribution is -2.21. The SMILES string of the molecule is CN[C@@H]1C[C@@H](O)[C@H](SC)C1. The molecule has 1 aliphatic rings. The van der Waals surface area contributed by atoms with Gasteiger partial charge in [-0.1, -0.05) is 0 Å². The van der Waals surface area contributed by atoms with Crippen molar-refractivity contribution in [2.45, 2.75) is 30.2 Å². The van der Waals surface area contributed by atoms with E-state index in [-0.39, 0.29) is 6.10 Å². The van der Waals surface area contributed by atoms with E-state index in [0.717, 1.165) is 12.8 Å². The molecular weight excluding hydrogens is 146 g/mol. The summed E-state index contributed by atoms with van der Waals surface area (Å²) in [5.74, 6) is 0. The summed E-state index contributed by atoms with van der Waals surface area (Å²) in [7, 11) is 1.96. The smallest absolute Gasteiger partial charge is 0.0674 e. The van der Waals surface area contributed by atoms with Crippen LogP contribution in [0.25, 0.3) is 0 Å². The maximum absolute atomic E-state index is 9.43. The Labute approximate surface area is 66.4 Å². The Morgan fingerprint density at radius 1 is 1.50 bits per heavy atom. The van der Waals surface area contributed by atoms with E-state index in [4.69, 9.17) is 0 Å². The first-order valence-electron chi connectivity index (χ1n) is 3.66. The molecule has 3 heteroatoms. The van der Waals surface area contributed by atoms with Crippen molar-refractivity contribution in [1.29, 1.82) is 0 Å². The maximum Gasteiger partial charge on any atom is 0.0674 e. The molecule has 60 valence electrons. The Balaban J connectivity index is 2.36. The van der Waals surface area contributed by atoms with Crippen LogP contribution < -0.4 is 5.32 Å². The van der Waals surface area contributed by atoms with Gasteiger partial charge in [-0.15, -0.1) is 0 Å². The van der Waals surface area contributed by atoms with Gasteiger partial charge in [-0.2, -0.15) is 11.8 Å². The summed E-state index contributed by atoms with van der Waals surface area (Å²) in [6.45, 7) is 0. The van der Waals surface area contributed by atoms with Gasteiger partial charge in [0.15, 0.2) is 0 Å². The van der Waals surface area contributed by atoms with Gasteiger partial charge in [0.2, 0.25) is 0 Å². The normalized spacial score (nSPS) is 40.5. The van der Waals surface area contributed by atoms with Crippen molar-refractivity contribution in [3.63, 3.8) is 0 Å². The fourth-order valence-electron chi connectivity index (χ4n) is 1.47. The zero-order chi connectivity index (χ0) is 7.56. The summed E-state index contributed by atoms with van der Waals surface area (Å²) in [4.78, 5) is 0. The second-order valence-corrected chi connectivity index (χ2v) is 3.88. The van der Waals surface area contributed by atoms with E-state index in [1.54, 1.807) is 11.8 Å². The van der Waals surface area contributed by atoms with Gasteiger partial charge in [0, 0.05) is 11.3 Å². The molecule has 2 nitrogen and oxygen atoms in total. The average Bonchev–Trinajstić information content (AvgIpc) is 2.30. The van der Waals surface area contributed by atoms with Gasteiger partial charge in [-0.25, -0.2) is 0 Å². The Kier molecular flexibility index (Phi) is 3.01. The van der Waals surface area contributed by atoms with Crippen molar-refractivity contribution in [3.8, 4) is 0 Å². The zero-order valence-electron chi connectivity index (χ0n) is 6.50. The summed E-state index contributed by atoms with van der Waals surface area (Å²) >= 11 is 1.77. The van der Waals surface area contributed by atoms with Gasteiger partial charge >= 0.3 is 0 Å². The molecule has 0 saturated heterocycles. The van der Waals surface area contributed by atoms with Crippen molar-refractivity contribution in [2.75, 3.05) is 13.3 Å². The monoisotopic (exact) mass is 161 g/mol. The molecule has 0 heterocycles. The van der Waals surface area contributed by atoms with Gasteiger partial charge in [-0.3, -0.25) is 0 Å². The van der Waals surface area contributed by atoms with Crippen LogP contribution in [0, 0.1) is 0 Å². The molecule has 0 bridgehead atoms. The fraction of sp³-hybridized carbons (Fsp3) is 1.00. The zero-order valence-corrected chi connectivity index (χ0v) is 7.32. The third-order valence-corrected chi connectivity index (χ3v) is 3.30. The molecule has 1 rings (SSSR count). The predicted molar refractivity (Wildman–Crippen MR) is 45.4 cm³/mol. The van der Waals surface area contributed by atoms with Gasteiger partial charge in [0.05, 0.1) is 6.10 Å². The Morgan fingerprint density at radius 3 is 2.50 bits per heavy atom. The second kappa shape index (κ2) is 3.60. The molecule has 0 radical (unpaired) electrons. The Hall–Kier alpha value is 0.270. The number of hydrogen-bond donors (Lipinski definition) is 2. The lowest BCUT2D eigenvalue weighted by molar-refractivity contribution is 0.185. The van der Waals surface area contributed by atoms with Crippen LogP contribution in [0.5, 0.6) is 0 Å². The number of rotatable bonds is 2. The van der Waals surface area contributed by atoms with E-state index < -0.39 is 0 Å². The van der Waals surface area contributed by atoms with Crippen LogP contribution in [0.3, 0.4) is 0 Å². The number of aliphatic hydroxyl groups excluding tert-OH is 1. The first kappa shape index (κ1) is 8.37. The summed E-state index contributed by atoms with van der Waals surface area (Å²) in [5, 5.41) is 13.1. The molecule has 0 unspecified atom stereocenters. The van der Waals surface area contributed by atoms with Crippen molar-refractivity contribution in [2.24, 2.45) is 0 Å². The molecule has 1 saturated carbocycles. The van der Waals surface area contributed by atoms with E-state index in [1.165, 1.54) is 0 Å². The first-order valence-corrected chi connectivity index (χ1v) is 4.95. The van der Waals surface area contributed by atoms with Crippen LogP contribution >= 0.6 is 11.8 Å². The molecule has 1 aliphatic carbocycles. The van der Waals surface area contributed by atoms with Gasteiger partial charge in [-0.05, 0) is 26.1 Å². The van der Waals surface area contributed by atoms with Crippen LogP contribution in [0.2, 0.25) is 0 Å². The maximum atomic E-state index is 9.43. The molecule has 0 aromatic rings. The van der Waals surface area contributed by atoms with Crippen molar-refractivity contribution in [3.05, 3.63) is 0 Å². The molecule has 3 atom stereocenters. The molecule has 0 amide bonds. The summed E-state index contributed by atoms with van der Waals surface area (Å²) in [5.41, 5.74) is 0. The largest absolute Gasteiger partial charge is 0.392 e. The topological polar surface area (TPSA) is 32.3 Å². The second-order valence-electron chi connectivity index (χ2n) is 2.80. The molecule has 1 fully saturated rings. The third kappa shape index (κ3) is 1.65. The van der Waals surface area contributed by atoms with Gasteiger partial charge in [0.25, 0.3) is 0 Å². The molecule has 0 aromatic carbocycles. The number of thioether (sulfide) groups is 1. The van der Waals surface area contributed by atoms with E-state index in [9.17, 15) is 5.11 Å². The van der Waals surface area contributed by atoms with Crippen molar-refractivity contribution in [1.82, 2.24) is 5.32 Å². The lowest BCUT2D eigenvalue weighted by atomic mass is 10.2. The summed E-state index contributed by atoms with van der Waals surface area (Å²) in [6, 6.07) is 0.535. The van der Waals surface area contributed by atoms with E-state index >= 15 is 0 Å². The lowest BCUT2D eigenvalue weighted by Gasteiger charge is -2.08. The molecular formula is C7H15NOS. The van der Waals surface area contributed by atoms with Crippen LogP contribution in [0.15, 0.2) is 0 Å². The van der Waals surface area contributed by atoms with Gasteiger partial charge < -0.3 is 10.4 Å². The van der Waals surface area contributed by atoms with E-state index in [2.05, 4.69) is 11.6 Å². The standard InChI is InChI=1S/C7H15NOS/c1-8-5-3-6(9)7(4-5)10-2/h5-9H,3-4H2,1-2H3/t5-,6-,7-/m1/s1. The minimum absolute atomic E-state index is 0.0903. The summed E-state index contributed by atoms with van der Waals surface area (Å²) in [6.07, 6.45) is 4.00. The number of nitrogens with one attached hydrogen (secondary N) is 1. The predicted octanol–water partition coefficient (Wildman–Crippen LogP) is 0.461. The fourth-order valence-corrected chi connectivity index (χ4v) is 2.32. The van der Waals surface area contributed by atoms with Crippen molar-refractivity contribution >= 4 is 11.8 Å². The number of aliphatic hydroxyl groups is 1. The summed E-state index contributed by atoms with van der Waals surface area (Å²) < 4.78 is 0. The third-order valence-electron chi connectivity index (χ3n) is 2.18. The van der Waals surface area contributed by atoms with Crippen LogP contribution in [-0.2, 0) is 0 Å². The Bertz CT molecular complexity index is 110. The highest BCUT2D eigenvalue weighted by molar-refractivity contribution is 7.99. The first-order chi connectivity index (χ1) is 4.77. The van der Waals surface area contributed by atoms with Crippen LogP contribution in [0.4, 0.5) is 0 Å². The molecule has 10 heavy (non-hydrogen) atoms. The average molecular weight is 161 g/mol. The van der Waals surface area contributed by atoms with E-state index in [1.807, 2.05) is 7.05 Å². The quantitative estimate of drug-likeness (QED) is 0.617. The highest BCUT2D eigenvalue weighted by Crippen LogP contribution is 2.28. The van der Waals surface area contributed by atoms with Crippen molar-refractivity contribution < 1.29 is 5.11 Å². The molecule has 0 spiro atoms. The number of hydrogen-bond acceptors (Lipinski definition) is 3. The minimum Gasteiger partial charge on any atom is -0.392 e. The molecule has 0 aromatic heterocycles. The van der Waals surface area contributed by atoms with E-state index in [0.29, 0.717) is 11.3 Å². The highest BCUT2D eigenvalue weighted by Gasteiger charge is 2.30. The van der Waals surface area contributed by atoms with Crippen LogP contribution in [-0.4, -0.2) is 35.8 Å². The Morgan fingerprint density at radius 2 is 2.20 bits per heavy atom.